The van der Waals surface area contributed by atoms with Gasteiger partial charge in [0, 0.05) is 18.4 Å². The number of carbonyl (C=O) groups excluding carboxylic acids is 1. The fourth-order valence-electron chi connectivity index (χ4n) is 2.49. The fourth-order valence-corrected chi connectivity index (χ4v) is 2.49. The molecule has 102 valence electrons. The second-order valence-corrected chi connectivity index (χ2v) is 5.01. The number of rotatable bonds is 4. The van der Waals surface area contributed by atoms with Crippen LogP contribution >= 0.6 is 0 Å². The van der Waals surface area contributed by atoms with Gasteiger partial charge in [-0.25, -0.2) is 0 Å². The Morgan fingerprint density at radius 1 is 1.37 bits per heavy atom. The summed E-state index contributed by atoms with van der Waals surface area (Å²) in [6, 6.07) is 3.79. The van der Waals surface area contributed by atoms with Crippen LogP contribution in [0.2, 0.25) is 0 Å². The first-order valence-electron chi connectivity index (χ1n) is 6.50. The highest BCUT2D eigenvalue weighted by Crippen LogP contribution is 2.32. The third-order valence-corrected chi connectivity index (χ3v) is 3.61. The fraction of sp³-hybridized carbons (Fsp3) is 0.500. The van der Waals surface area contributed by atoms with Gasteiger partial charge in [0.1, 0.15) is 0 Å². The van der Waals surface area contributed by atoms with E-state index >= 15 is 0 Å². The van der Waals surface area contributed by atoms with Crippen LogP contribution in [-0.2, 0) is 16.1 Å². The van der Waals surface area contributed by atoms with E-state index in [-0.39, 0.29) is 5.91 Å². The highest BCUT2D eigenvalue weighted by atomic mass is 16.4. The van der Waals surface area contributed by atoms with E-state index in [0.717, 1.165) is 17.7 Å². The van der Waals surface area contributed by atoms with Crippen LogP contribution in [0.15, 0.2) is 18.3 Å². The smallest absolute Gasteiger partial charge is 0.307 e. The predicted molar refractivity (Wildman–Crippen MR) is 69.3 cm³/mol. The second kappa shape index (κ2) is 5.82. The number of amides is 1. The van der Waals surface area contributed by atoms with Crippen molar-refractivity contribution in [2.75, 3.05) is 0 Å². The van der Waals surface area contributed by atoms with Crippen LogP contribution in [0.25, 0.3) is 0 Å². The van der Waals surface area contributed by atoms with Crippen molar-refractivity contribution >= 4 is 11.9 Å². The van der Waals surface area contributed by atoms with Gasteiger partial charge in [0.15, 0.2) is 0 Å². The molecule has 1 heterocycles. The first kappa shape index (κ1) is 13.5. The van der Waals surface area contributed by atoms with Gasteiger partial charge in [-0.3, -0.25) is 14.6 Å². The van der Waals surface area contributed by atoms with Crippen molar-refractivity contribution in [1.82, 2.24) is 10.3 Å². The number of aromatic nitrogens is 1. The molecule has 2 rings (SSSR count). The van der Waals surface area contributed by atoms with Crippen LogP contribution in [0.4, 0.5) is 0 Å². The van der Waals surface area contributed by atoms with Gasteiger partial charge in [-0.15, -0.1) is 0 Å². The standard InChI is InChI=1S/C14H18N2O3/c1-9-5-6-10(7-15-9)8-16-13(17)11-3-2-4-12(11)14(18)19/h5-7,11-12H,2-4,8H2,1H3,(H,16,17)(H,18,19)/t11-,12+/m1/s1. The van der Waals surface area contributed by atoms with E-state index in [2.05, 4.69) is 10.3 Å². The van der Waals surface area contributed by atoms with Gasteiger partial charge in [-0.05, 0) is 31.4 Å². The number of hydrogen-bond acceptors (Lipinski definition) is 3. The maximum absolute atomic E-state index is 12.0. The lowest BCUT2D eigenvalue weighted by molar-refractivity contribution is -0.146. The zero-order valence-electron chi connectivity index (χ0n) is 10.9. The Balaban J connectivity index is 1.90. The van der Waals surface area contributed by atoms with Crippen LogP contribution in [-0.4, -0.2) is 22.0 Å². The molecule has 0 bridgehead atoms. The van der Waals surface area contributed by atoms with Crippen molar-refractivity contribution in [3.05, 3.63) is 29.6 Å². The molecule has 0 spiro atoms. The van der Waals surface area contributed by atoms with Gasteiger partial charge in [0.05, 0.1) is 11.8 Å². The maximum atomic E-state index is 12.0. The SMILES string of the molecule is Cc1ccc(CNC(=O)[C@@H]2CCC[C@@H]2C(=O)O)cn1. The number of pyridine rings is 1. The van der Waals surface area contributed by atoms with Gasteiger partial charge in [0.25, 0.3) is 0 Å². The van der Waals surface area contributed by atoms with Crippen molar-refractivity contribution in [2.45, 2.75) is 32.7 Å². The summed E-state index contributed by atoms with van der Waals surface area (Å²) in [7, 11) is 0. The number of carboxylic acids is 1. The lowest BCUT2D eigenvalue weighted by atomic mass is 9.95. The third kappa shape index (κ3) is 3.30. The Morgan fingerprint density at radius 3 is 2.74 bits per heavy atom. The Bertz CT molecular complexity index is 470. The number of carbonyl (C=O) groups is 2. The summed E-state index contributed by atoms with van der Waals surface area (Å²) in [5.41, 5.74) is 1.85. The molecule has 0 aliphatic heterocycles. The van der Waals surface area contributed by atoms with E-state index in [0.29, 0.717) is 19.4 Å². The molecule has 1 amide bonds. The summed E-state index contributed by atoms with van der Waals surface area (Å²) in [6.07, 6.45) is 3.79. The van der Waals surface area contributed by atoms with Crippen molar-refractivity contribution < 1.29 is 14.7 Å². The molecule has 0 radical (unpaired) electrons. The van der Waals surface area contributed by atoms with E-state index in [1.54, 1.807) is 6.20 Å². The van der Waals surface area contributed by atoms with Crippen molar-refractivity contribution in [3.8, 4) is 0 Å². The van der Waals surface area contributed by atoms with Crippen LogP contribution in [0.1, 0.15) is 30.5 Å². The van der Waals surface area contributed by atoms with Crippen LogP contribution in [0.3, 0.4) is 0 Å². The van der Waals surface area contributed by atoms with Gasteiger partial charge in [0.2, 0.25) is 5.91 Å². The largest absolute Gasteiger partial charge is 0.481 e. The molecule has 1 fully saturated rings. The summed E-state index contributed by atoms with van der Waals surface area (Å²) in [5.74, 6) is -1.95. The molecule has 2 N–H and O–H groups in total. The molecule has 5 nitrogen and oxygen atoms in total. The molecule has 0 unspecified atom stereocenters. The van der Waals surface area contributed by atoms with E-state index in [9.17, 15) is 9.59 Å². The molecule has 19 heavy (non-hydrogen) atoms. The average molecular weight is 262 g/mol. The molecule has 0 saturated heterocycles. The first-order valence-corrected chi connectivity index (χ1v) is 6.50. The quantitative estimate of drug-likeness (QED) is 0.862. The zero-order chi connectivity index (χ0) is 13.8. The Labute approximate surface area is 112 Å². The summed E-state index contributed by atoms with van der Waals surface area (Å²) in [5, 5.41) is 11.9. The second-order valence-electron chi connectivity index (χ2n) is 5.01. The van der Waals surface area contributed by atoms with E-state index in [1.807, 2.05) is 19.1 Å². The summed E-state index contributed by atoms with van der Waals surface area (Å²) < 4.78 is 0. The molecule has 1 aromatic heterocycles. The van der Waals surface area contributed by atoms with E-state index in [4.69, 9.17) is 5.11 Å². The molecular weight excluding hydrogens is 244 g/mol. The molecule has 1 saturated carbocycles. The summed E-state index contributed by atoms with van der Waals surface area (Å²) in [4.78, 5) is 27.2. The Hall–Kier alpha value is -1.91. The lowest BCUT2D eigenvalue weighted by Crippen LogP contribution is -2.34. The number of carboxylic acid groups (broad SMARTS) is 1. The molecular formula is C14H18N2O3. The van der Waals surface area contributed by atoms with Crippen LogP contribution < -0.4 is 5.32 Å². The number of aliphatic carboxylic acids is 1. The van der Waals surface area contributed by atoms with Gasteiger partial charge in [-0.1, -0.05) is 12.5 Å². The van der Waals surface area contributed by atoms with Crippen molar-refractivity contribution in [2.24, 2.45) is 11.8 Å². The molecule has 5 heteroatoms. The predicted octanol–water partition coefficient (Wildman–Crippen LogP) is 1.51. The van der Waals surface area contributed by atoms with Gasteiger partial charge < -0.3 is 10.4 Å². The minimum absolute atomic E-state index is 0.162. The molecule has 2 atom stereocenters. The third-order valence-electron chi connectivity index (χ3n) is 3.61. The van der Waals surface area contributed by atoms with Crippen molar-refractivity contribution in [3.63, 3.8) is 0 Å². The summed E-state index contributed by atoms with van der Waals surface area (Å²) >= 11 is 0. The number of nitrogens with one attached hydrogen (secondary N) is 1. The number of nitrogens with zero attached hydrogens (tertiary/aromatic N) is 1. The molecule has 0 aromatic carbocycles. The molecule has 1 aromatic rings. The summed E-state index contributed by atoms with van der Waals surface area (Å²) in [6.45, 7) is 2.30. The Kier molecular flexibility index (Phi) is 4.14. The highest BCUT2D eigenvalue weighted by Gasteiger charge is 2.37. The number of aryl methyl sites for hydroxylation is 1. The normalized spacial score (nSPS) is 22.2. The maximum Gasteiger partial charge on any atom is 0.307 e. The minimum Gasteiger partial charge on any atom is -0.481 e. The number of hydrogen-bond donors (Lipinski definition) is 2. The van der Waals surface area contributed by atoms with E-state index < -0.39 is 17.8 Å². The highest BCUT2D eigenvalue weighted by molar-refractivity contribution is 5.85. The van der Waals surface area contributed by atoms with Crippen molar-refractivity contribution in [1.29, 1.82) is 0 Å². The zero-order valence-corrected chi connectivity index (χ0v) is 10.9. The van der Waals surface area contributed by atoms with E-state index in [1.165, 1.54) is 0 Å². The Morgan fingerprint density at radius 2 is 2.11 bits per heavy atom. The first-order chi connectivity index (χ1) is 9.08. The minimum atomic E-state index is -0.866. The topological polar surface area (TPSA) is 79.3 Å². The molecule has 1 aliphatic rings. The lowest BCUT2D eigenvalue weighted by Gasteiger charge is -2.15. The monoisotopic (exact) mass is 262 g/mol. The van der Waals surface area contributed by atoms with Gasteiger partial charge >= 0.3 is 5.97 Å². The average Bonchev–Trinajstić information content (AvgIpc) is 2.87. The van der Waals surface area contributed by atoms with Gasteiger partial charge in [-0.2, -0.15) is 0 Å². The van der Waals surface area contributed by atoms with Crippen LogP contribution in [0, 0.1) is 18.8 Å². The van der Waals surface area contributed by atoms with Crippen LogP contribution in [0.5, 0.6) is 0 Å². The molecule has 1 aliphatic carbocycles.